The Morgan fingerprint density at radius 2 is 1.46 bits per heavy atom. The van der Waals surface area contributed by atoms with Crippen molar-refractivity contribution < 1.29 is 124 Å². The molecule has 107 heavy (non-hydrogen) atoms. The summed E-state index contributed by atoms with van der Waals surface area (Å²) in [6.45, 7) is 11.8. The number of Topliss-reactive ketones (excluding diaryl/α,β-unsaturated/α-hetero) is 1. The average molecular weight is 1520 g/mol. The summed E-state index contributed by atoms with van der Waals surface area (Å²) in [4.78, 5) is 165. The van der Waals surface area contributed by atoms with Crippen molar-refractivity contribution in [3.8, 4) is 0 Å². The number of amides is 8. The van der Waals surface area contributed by atoms with Crippen LogP contribution >= 0.6 is 0 Å². The van der Waals surface area contributed by atoms with Gasteiger partial charge in [0, 0.05) is 70.5 Å². The Morgan fingerprint density at radius 1 is 0.822 bits per heavy atom. The highest BCUT2D eigenvalue weighted by atomic mass is 32.2. The molecule has 0 spiro atoms. The monoisotopic (exact) mass is 1520 g/mol. The zero-order valence-corrected chi connectivity index (χ0v) is 62.1. The van der Waals surface area contributed by atoms with Crippen LogP contribution in [-0.2, 0) is 83.4 Å². The molecule has 586 valence electrons. The first-order valence-electron chi connectivity index (χ1n) is 34.6. The highest BCUT2D eigenvalue weighted by Crippen LogP contribution is 2.64. The lowest BCUT2D eigenvalue weighted by Crippen LogP contribution is -2.81. The predicted molar refractivity (Wildman–Crippen MR) is 376 cm³/mol. The van der Waals surface area contributed by atoms with Crippen molar-refractivity contribution in [2.75, 3.05) is 50.9 Å². The van der Waals surface area contributed by atoms with Gasteiger partial charge >= 0.3 is 48.2 Å². The molecule has 0 radical (unpaired) electrons. The van der Waals surface area contributed by atoms with Gasteiger partial charge in [0.05, 0.1) is 41.8 Å². The van der Waals surface area contributed by atoms with E-state index in [1.807, 2.05) is 0 Å². The standard InChI is InChI=1S/C72H96N8O26S/c1-39(2)53(77-50(83)28-29-51(84)85)61(89)76-46(23-18-30-74-64(73)92)60(88)75-45-26-24-42(25-27-45)37-100-66(94)79(11)31-32-80(33-34-107(97,98)99)67(95)103-56(54(43-19-14-12-15-20-43)78-65(93)106-68(5,6)7)63(91)102-47-36-72(96)59(104-62(90)44-21-16-13-17-22-44)57-70(10,58(87)55(86)52(40(47)3)69(72,8)9)48(82)35-49-71(57,38-101-49)105-41(4)81/h12-17,19-22,24-27,39,46-49,53-57,59,82,86,96H,18,23,28-38H2,1-11H3,(H,75,88)(H,76,89)(H,77,83)(H,78,93)(H,84,85)(H3,73,74,92)(H,97,98,99)/t46-,47-,48-,49+,53-,54-,55+,56+,57-,59-,70+,71-,72+/m0/s1. The summed E-state index contributed by atoms with van der Waals surface area (Å²) in [6, 6.07) is 15.8. The van der Waals surface area contributed by atoms with Crippen molar-refractivity contribution in [3.63, 3.8) is 0 Å². The van der Waals surface area contributed by atoms with Gasteiger partial charge < -0.3 is 95.7 Å². The maximum Gasteiger partial charge on any atom is 0.410 e. The molecule has 0 unspecified atom stereocenters. The quantitative estimate of drug-likeness (QED) is 0.0149. The number of urea groups is 1. The minimum atomic E-state index is -4.89. The molecular weight excluding hydrogens is 1420 g/mol. The van der Waals surface area contributed by atoms with Crippen LogP contribution in [0.25, 0.3) is 0 Å². The minimum absolute atomic E-state index is 0.0210. The highest BCUT2D eigenvalue weighted by molar-refractivity contribution is 7.85. The van der Waals surface area contributed by atoms with Crippen molar-refractivity contribution in [1.82, 2.24) is 31.1 Å². The summed E-state index contributed by atoms with van der Waals surface area (Å²) in [5.74, 6) is -11.3. The van der Waals surface area contributed by atoms with Crippen molar-refractivity contribution >= 4 is 87.5 Å². The molecule has 0 aromatic heterocycles. The normalized spacial score (nSPS) is 24.0. The van der Waals surface area contributed by atoms with E-state index in [1.54, 1.807) is 26.0 Å². The second-order valence-corrected chi connectivity index (χ2v) is 30.6. The number of carboxylic acid groups (broad SMARTS) is 1. The first kappa shape index (κ1) is 84.5. The Labute approximate surface area is 618 Å². The molecule has 2 bridgehead atoms. The van der Waals surface area contributed by atoms with E-state index in [9.17, 15) is 76.2 Å². The third-order valence-electron chi connectivity index (χ3n) is 19.7. The molecule has 4 aliphatic rings. The molecule has 3 aromatic rings. The number of nitrogens with zero attached hydrogens (tertiary/aromatic N) is 2. The van der Waals surface area contributed by atoms with E-state index in [4.69, 9.17) is 44.0 Å². The van der Waals surface area contributed by atoms with E-state index >= 15 is 9.59 Å². The Bertz CT molecular complexity index is 3950. The first-order chi connectivity index (χ1) is 49.9. The Hall–Kier alpha value is -9.81. The number of likely N-dealkylation sites (N-methyl/N-ethyl adjacent to an activating group) is 1. The van der Waals surface area contributed by atoms with Crippen molar-refractivity contribution in [3.05, 3.63) is 113 Å². The number of nitrogens with one attached hydrogen (secondary N) is 5. The number of ether oxygens (including phenoxy) is 7. The van der Waals surface area contributed by atoms with Gasteiger partial charge in [-0.1, -0.05) is 88.4 Å². The molecule has 3 aromatic carbocycles. The minimum Gasteiger partial charge on any atom is -0.481 e. The van der Waals surface area contributed by atoms with E-state index in [0.717, 1.165) is 11.8 Å². The molecule has 3 fully saturated rings. The molecule has 7 rings (SSSR count). The fourth-order valence-electron chi connectivity index (χ4n) is 13.9. The maximum atomic E-state index is 15.7. The number of rotatable bonds is 30. The van der Waals surface area contributed by atoms with E-state index in [2.05, 4.69) is 26.6 Å². The number of primary amides is 1. The molecule has 3 aliphatic carbocycles. The predicted octanol–water partition coefficient (Wildman–Crippen LogP) is 3.74. The van der Waals surface area contributed by atoms with Crippen LogP contribution in [0.5, 0.6) is 0 Å². The SMILES string of the molecule is CC(=O)O[C@@]12CO[C@@H]1C[C@H](O)[C@@]1(C)C(=O)[C@H](O)C3=C(C)[C@@H](OC(=O)[C@H](OC(=O)N(CCN(C)C(=O)OCc4ccc(NC(=O)[C@H](CCCNC(N)=O)NC(=O)[C@@H](NC(=O)CCC(=O)O)C(C)C)cc4)CCS(=O)(=O)O)[C@@H](NC(=O)OC(C)(C)C)c4ccccc4)C[C@@](O)([C@@H](OC(=O)c4ccccc4)[C@H]21)C3(C)C. The largest absolute Gasteiger partial charge is 0.481 e. The second-order valence-electron chi connectivity index (χ2n) is 29.0. The molecule has 8 amide bonds. The highest BCUT2D eigenvalue weighted by Gasteiger charge is 2.78. The van der Waals surface area contributed by atoms with E-state index in [1.165, 1.54) is 128 Å². The van der Waals surface area contributed by atoms with Crippen LogP contribution in [0.4, 0.5) is 24.9 Å². The lowest BCUT2D eigenvalue weighted by Gasteiger charge is -2.67. The molecule has 12 N–H and O–H groups in total. The summed E-state index contributed by atoms with van der Waals surface area (Å²) in [5, 5.41) is 60.6. The van der Waals surface area contributed by atoms with Crippen LogP contribution in [0, 0.1) is 22.7 Å². The van der Waals surface area contributed by atoms with Gasteiger partial charge in [-0.2, -0.15) is 8.42 Å². The van der Waals surface area contributed by atoms with Gasteiger partial charge in [-0.05, 0) is 99.9 Å². The van der Waals surface area contributed by atoms with Gasteiger partial charge in [-0.25, -0.2) is 28.8 Å². The number of nitrogens with two attached hydrogens (primary N) is 1. The molecule has 13 atom stereocenters. The molecule has 34 nitrogen and oxygen atoms in total. The lowest BCUT2D eigenvalue weighted by molar-refractivity contribution is -0.346. The van der Waals surface area contributed by atoms with Crippen molar-refractivity contribution in [2.45, 2.75) is 186 Å². The molecule has 1 heterocycles. The molecule has 35 heteroatoms. The lowest BCUT2D eigenvalue weighted by atomic mass is 9.44. The van der Waals surface area contributed by atoms with Gasteiger partial charge in [0.1, 0.15) is 60.4 Å². The molecule has 2 saturated carbocycles. The number of carboxylic acids is 1. The number of benzene rings is 3. The molecule has 1 saturated heterocycles. The van der Waals surface area contributed by atoms with Gasteiger partial charge in [0.2, 0.25) is 23.8 Å². The smallest absolute Gasteiger partial charge is 0.410 e. The van der Waals surface area contributed by atoms with Crippen molar-refractivity contribution in [1.29, 1.82) is 0 Å². The summed E-state index contributed by atoms with van der Waals surface area (Å²) in [5.41, 5.74) is -4.32. The number of hydrogen-bond donors (Lipinski definition) is 11. The number of esters is 3. The number of anilines is 1. The third-order valence-corrected chi connectivity index (χ3v) is 20.4. The second kappa shape index (κ2) is 34.8. The van der Waals surface area contributed by atoms with Gasteiger partial charge in [-0.15, -0.1) is 0 Å². The van der Waals surface area contributed by atoms with Crippen molar-refractivity contribution in [2.24, 2.45) is 28.4 Å². The van der Waals surface area contributed by atoms with Crippen LogP contribution in [0.3, 0.4) is 0 Å². The van der Waals surface area contributed by atoms with Gasteiger partial charge in [0.15, 0.2) is 11.4 Å². The number of fused-ring (bicyclic) bond motifs is 5. The maximum absolute atomic E-state index is 15.7. The number of carbonyl (C=O) groups excluding carboxylic acids is 11. The fraction of sp³-hybridized carbons (Fsp3) is 0.556. The number of alkyl carbamates (subject to hydrolysis) is 1. The van der Waals surface area contributed by atoms with E-state index in [0.29, 0.717) is 10.5 Å². The Kier molecular flexibility index (Phi) is 27.5. The van der Waals surface area contributed by atoms with Gasteiger partial charge in [-0.3, -0.25) is 33.3 Å². The van der Waals surface area contributed by atoms with Crippen LogP contribution in [0.15, 0.2) is 96.1 Å². The number of carbonyl (C=O) groups is 12. The van der Waals surface area contributed by atoms with E-state index < -0.39 is 234 Å². The number of aliphatic hydroxyl groups excluding tert-OH is 2. The topological polar surface area (TPSA) is 497 Å². The van der Waals surface area contributed by atoms with Crippen LogP contribution in [0.2, 0.25) is 0 Å². The average Bonchev–Trinajstić information content (AvgIpc) is 0.670. The number of aliphatic carboxylic acids is 1. The number of aliphatic hydroxyl groups is 3. The summed E-state index contributed by atoms with van der Waals surface area (Å²) < 4.78 is 76.8. The number of hydrogen-bond acceptors (Lipinski definition) is 24. The molecule has 1 aliphatic heterocycles. The summed E-state index contributed by atoms with van der Waals surface area (Å²) in [6.07, 6.45) is -16.8. The first-order valence-corrected chi connectivity index (χ1v) is 36.2. The van der Waals surface area contributed by atoms with Gasteiger partial charge in [0.25, 0.3) is 10.1 Å². The zero-order chi connectivity index (χ0) is 79.5. The summed E-state index contributed by atoms with van der Waals surface area (Å²) in [7, 11) is -3.65. The Balaban J connectivity index is 1.16. The zero-order valence-electron chi connectivity index (χ0n) is 61.3. The van der Waals surface area contributed by atoms with Crippen LogP contribution < -0.4 is 32.3 Å². The summed E-state index contributed by atoms with van der Waals surface area (Å²) >= 11 is 0. The number of ketones is 1. The third kappa shape index (κ3) is 20.5. The Morgan fingerprint density at radius 3 is 2.03 bits per heavy atom. The van der Waals surface area contributed by atoms with Crippen LogP contribution in [-0.4, -0.2) is 226 Å². The van der Waals surface area contributed by atoms with Crippen LogP contribution in [0.1, 0.15) is 135 Å². The van der Waals surface area contributed by atoms with E-state index in [-0.39, 0.29) is 53.8 Å². The molecular formula is C72H96N8O26S. The fourth-order valence-corrected chi connectivity index (χ4v) is 14.4.